The number of nitrogens with one attached hydrogen (secondary N) is 1. The van der Waals surface area contributed by atoms with Gasteiger partial charge in [0.15, 0.2) is 5.16 Å². The van der Waals surface area contributed by atoms with Gasteiger partial charge in [0.2, 0.25) is 11.8 Å². The molecule has 1 aromatic heterocycles. The Labute approximate surface area is 162 Å². The van der Waals surface area contributed by atoms with Gasteiger partial charge < -0.3 is 10.2 Å². The van der Waals surface area contributed by atoms with E-state index in [0.29, 0.717) is 11.7 Å². The first-order valence-electron chi connectivity index (χ1n) is 8.61. The molecular weight excluding hydrogens is 367 g/mol. The first kappa shape index (κ1) is 20.8. The average Bonchev–Trinajstić information content (AvgIpc) is 2.63. The average molecular weight is 390 g/mol. The van der Waals surface area contributed by atoms with Gasteiger partial charge in [-0.25, -0.2) is 14.4 Å². The van der Waals surface area contributed by atoms with Crippen LogP contribution in [0.4, 0.5) is 4.39 Å². The third-order valence-electron chi connectivity index (χ3n) is 3.76. The first-order chi connectivity index (χ1) is 12.9. The van der Waals surface area contributed by atoms with Crippen molar-refractivity contribution in [2.45, 2.75) is 32.5 Å². The second-order valence-electron chi connectivity index (χ2n) is 6.03. The van der Waals surface area contributed by atoms with Crippen molar-refractivity contribution in [3.05, 3.63) is 53.1 Å². The van der Waals surface area contributed by atoms with E-state index in [-0.39, 0.29) is 36.5 Å². The summed E-state index contributed by atoms with van der Waals surface area (Å²) >= 11 is 1.26. The highest BCUT2D eigenvalue weighted by atomic mass is 32.2. The van der Waals surface area contributed by atoms with Gasteiger partial charge in [0.05, 0.1) is 12.3 Å². The molecule has 0 saturated carbocycles. The summed E-state index contributed by atoms with van der Waals surface area (Å²) in [5.41, 5.74) is 2.50. The van der Waals surface area contributed by atoms with E-state index < -0.39 is 0 Å². The quantitative estimate of drug-likeness (QED) is 0.554. The van der Waals surface area contributed by atoms with E-state index in [9.17, 15) is 14.0 Å². The number of carbonyl (C=O) groups excluding carboxylic acids is 2. The van der Waals surface area contributed by atoms with E-state index in [0.717, 1.165) is 17.0 Å². The second-order valence-corrected chi connectivity index (χ2v) is 6.98. The number of amides is 2. The number of aromatic nitrogens is 2. The minimum atomic E-state index is -0.321. The van der Waals surface area contributed by atoms with Crippen LogP contribution in [0.1, 0.15) is 23.9 Å². The van der Waals surface area contributed by atoms with Gasteiger partial charge in [-0.1, -0.05) is 23.9 Å². The molecule has 2 amide bonds. The Bertz CT molecular complexity index is 779. The molecule has 27 heavy (non-hydrogen) atoms. The highest BCUT2D eigenvalue weighted by Gasteiger charge is 2.16. The fourth-order valence-electron chi connectivity index (χ4n) is 2.38. The molecule has 2 aromatic rings. The van der Waals surface area contributed by atoms with Crippen molar-refractivity contribution in [3.8, 4) is 0 Å². The molecule has 0 fully saturated rings. The van der Waals surface area contributed by atoms with E-state index in [4.69, 9.17) is 0 Å². The normalized spacial score (nSPS) is 10.5. The minimum Gasteiger partial charge on any atom is -0.350 e. The molecule has 0 bridgehead atoms. The lowest BCUT2D eigenvalue weighted by atomic mass is 10.2. The van der Waals surface area contributed by atoms with Crippen LogP contribution < -0.4 is 5.32 Å². The maximum Gasteiger partial charge on any atom is 0.239 e. The molecule has 1 aromatic carbocycles. The van der Waals surface area contributed by atoms with E-state index in [1.807, 2.05) is 26.8 Å². The predicted molar refractivity (Wildman–Crippen MR) is 103 cm³/mol. The third-order valence-corrected chi connectivity index (χ3v) is 4.59. The van der Waals surface area contributed by atoms with E-state index in [1.54, 1.807) is 12.1 Å². The van der Waals surface area contributed by atoms with Gasteiger partial charge in [-0.2, -0.15) is 0 Å². The van der Waals surface area contributed by atoms with Gasteiger partial charge in [0.1, 0.15) is 5.82 Å². The van der Waals surface area contributed by atoms with Gasteiger partial charge in [-0.3, -0.25) is 9.59 Å². The van der Waals surface area contributed by atoms with Crippen molar-refractivity contribution in [1.82, 2.24) is 20.2 Å². The fourth-order valence-corrected chi connectivity index (χ4v) is 3.24. The van der Waals surface area contributed by atoms with Crippen LogP contribution in [0.15, 0.2) is 35.5 Å². The van der Waals surface area contributed by atoms with Crippen LogP contribution in [-0.4, -0.2) is 45.5 Å². The Morgan fingerprint density at radius 3 is 2.37 bits per heavy atom. The molecule has 0 atom stereocenters. The molecule has 0 unspecified atom stereocenters. The SMILES string of the molecule is CCN(CC(=O)NCc1ccc(F)cc1)C(=O)CSc1nc(C)cc(C)n1. The number of aryl methyl sites for hydroxylation is 2. The number of halogens is 1. The lowest BCUT2D eigenvalue weighted by Gasteiger charge is -2.20. The molecule has 144 valence electrons. The molecule has 0 aliphatic carbocycles. The third kappa shape index (κ3) is 6.97. The highest BCUT2D eigenvalue weighted by Crippen LogP contribution is 2.14. The van der Waals surface area contributed by atoms with Crippen LogP contribution in [0.25, 0.3) is 0 Å². The minimum absolute atomic E-state index is 0.0230. The zero-order chi connectivity index (χ0) is 19.8. The molecule has 1 heterocycles. The topological polar surface area (TPSA) is 75.2 Å². The largest absolute Gasteiger partial charge is 0.350 e. The summed E-state index contributed by atoms with van der Waals surface area (Å²) in [5.74, 6) is -0.565. The summed E-state index contributed by atoms with van der Waals surface area (Å²) in [5, 5.41) is 3.29. The van der Waals surface area contributed by atoms with Crippen molar-refractivity contribution in [2.24, 2.45) is 0 Å². The van der Waals surface area contributed by atoms with Crippen molar-refractivity contribution in [3.63, 3.8) is 0 Å². The smallest absolute Gasteiger partial charge is 0.239 e. The summed E-state index contributed by atoms with van der Waals surface area (Å²) in [6.45, 7) is 6.27. The van der Waals surface area contributed by atoms with E-state index in [1.165, 1.54) is 28.8 Å². The Morgan fingerprint density at radius 1 is 1.15 bits per heavy atom. The Hall–Kier alpha value is -2.48. The monoisotopic (exact) mass is 390 g/mol. The predicted octanol–water partition coefficient (Wildman–Crippen LogP) is 2.49. The van der Waals surface area contributed by atoms with Crippen molar-refractivity contribution < 1.29 is 14.0 Å². The van der Waals surface area contributed by atoms with Gasteiger partial charge in [-0.15, -0.1) is 0 Å². The number of carbonyl (C=O) groups is 2. The van der Waals surface area contributed by atoms with Gasteiger partial charge in [-0.05, 0) is 44.5 Å². The van der Waals surface area contributed by atoms with Crippen molar-refractivity contribution in [2.75, 3.05) is 18.8 Å². The van der Waals surface area contributed by atoms with E-state index in [2.05, 4.69) is 15.3 Å². The summed E-state index contributed by atoms with van der Waals surface area (Å²) in [6, 6.07) is 7.78. The van der Waals surface area contributed by atoms with Gasteiger partial charge in [0, 0.05) is 24.5 Å². The molecule has 0 spiro atoms. The lowest BCUT2D eigenvalue weighted by Crippen LogP contribution is -2.41. The summed E-state index contributed by atoms with van der Waals surface area (Å²) in [6.07, 6.45) is 0. The number of nitrogens with zero attached hydrogens (tertiary/aromatic N) is 3. The van der Waals surface area contributed by atoms with Crippen LogP contribution in [0, 0.1) is 19.7 Å². The van der Waals surface area contributed by atoms with Crippen LogP contribution in [-0.2, 0) is 16.1 Å². The Balaban J connectivity index is 1.82. The number of likely N-dealkylation sites (N-methyl/N-ethyl adjacent to an activating group) is 1. The Morgan fingerprint density at radius 2 is 1.78 bits per heavy atom. The zero-order valence-electron chi connectivity index (χ0n) is 15.7. The van der Waals surface area contributed by atoms with Crippen LogP contribution in [0.2, 0.25) is 0 Å². The Kier molecular flexibility index (Phi) is 7.72. The maximum atomic E-state index is 12.9. The second kappa shape index (κ2) is 10.0. The molecule has 8 heteroatoms. The fraction of sp³-hybridized carbons (Fsp3) is 0.368. The molecule has 1 N–H and O–H groups in total. The molecule has 0 aliphatic heterocycles. The number of rotatable bonds is 8. The lowest BCUT2D eigenvalue weighted by molar-refractivity contribution is -0.133. The number of hydrogen-bond donors (Lipinski definition) is 1. The van der Waals surface area contributed by atoms with Crippen molar-refractivity contribution >= 4 is 23.6 Å². The highest BCUT2D eigenvalue weighted by molar-refractivity contribution is 7.99. The standard InChI is InChI=1S/C19H23FN4O2S/c1-4-24(11-17(25)21-10-15-5-7-16(20)8-6-15)18(26)12-27-19-22-13(2)9-14(3)23-19/h5-9H,4,10-12H2,1-3H3,(H,21,25). The van der Waals surface area contributed by atoms with E-state index >= 15 is 0 Å². The molecular formula is C19H23FN4O2S. The molecule has 0 aliphatic rings. The summed E-state index contributed by atoms with van der Waals surface area (Å²) in [4.78, 5) is 34.6. The number of hydrogen-bond acceptors (Lipinski definition) is 5. The molecule has 6 nitrogen and oxygen atoms in total. The van der Waals surface area contributed by atoms with Gasteiger partial charge >= 0.3 is 0 Å². The maximum absolute atomic E-state index is 12.9. The van der Waals surface area contributed by atoms with Crippen LogP contribution in [0.3, 0.4) is 0 Å². The molecule has 2 rings (SSSR count). The van der Waals surface area contributed by atoms with Crippen LogP contribution >= 0.6 is 11.8 Å². The summed E-state index contributed by atoms with van der Waals surface area (Å²) in [7, 11) is 0. The van der Waals surface area contributed by atoms with Crippen LogP contribution in [0.5, 0.6) is 0 Å². The molecule has 0 saturated heterocycles. The first-order valence-corrected chi connectivity index (χ1v) is 9.60. The molecule has 0 radical (unpaired) electrons. The zero-order valence-corrected chi connectivity index (χ0v) is 16.5. The number of thioether (sulfide) groups is 1. The van der Waals surface area contributed by atoms with Crippen molar-refractivity contribution in [1.29, 1.82) is 0 Å². The number of benzene rings is 1. The summed E-state index contributed by atoms with van der Waals surface area (Å²) < 4.78 is 12.9. The van der Waals surface area contributed by atoms with Gasteiger partial charge in [0.25, 0.3) is 0 Å².